The third kappa shape index (κ3) is 5.32. The molecule has 1 heterocycles. The maximum atomic E-state index is 5.49. The molecule has 0 bridgehead atoms. The van der Waals surface area contributed by atoms with Gasteiger partial charge in [-0.2, -0.15) is 0 Å². The number of para-hydroxylation sites is 2. The molecule has 5 nitrogen and oxygen atoms in total. The Morgan fingerprint density at radius 3 is 2.83 bits per heavy atom. The Kier molecular flexibility index (Phi) is 7.22. The van der Waals surface area contributed by atoms with Gasteiger partial charge in [0.2, 0.25) is 0 Å². The molecule has 0 aromatic heterocycles. The Bertz CT molecular complexity index is 530. The molecule has 1 saturated heterocycles. The normalized spacial score (nSPS) is 18.1. The second-order valence-electron chi connectivity index (χ2n) is 6.77. The highest BCUT2D eigenvalue weighted by molar-refractivity contribution is 5.79. The van der Waals surface area contributed by atoms with Crippen molar-refractivity contribution in [2.24, 2.45) is 16.8 Å². The van der Waals surface area contributed by atoms with Crippen LogP contribution in [-0.4, -0.2) is 45.8 Å². The molecule has 0 spiro atoms. The molecule has 1 unspecified atom stereocenters. The quantitative estimate of drug-likeness (QED) is 0.595. The molecule has 2 rings (SSSR count). The van der Waals surface area contributed by atoms with Crippen LogP contribution in [0.15, 0.2) is 29.3 Å². The Balaban J connectivity index is 1.88. The van der Waals surface area contributed by atoms with Gasteiger partial charge in [-0.15, -0.1) is 0 Å². The zero-order chi connectivity index (χ0) is 17.4. The van der Waals surface area contributed by atoms with Crippen LogP contribution < -0.4 is 20.3 Å². The van der Waals surface area contributed by atoms with Crippen LogP contribution >= 0.6 is 0 Å². The minimum atomic E-state index is 0.577. The van der Waals surface area contributed by atoms with Crippen molar-refractivity contribution in [3.63, 3.8) is 0 Å². The fourth-order valence-electron chi connectivity index (χ4n) is 2.97. The second-order valence-corrected chi connectivity index (χ2v) is 6.77. The van der Waals surface area contributed by atoms with E-state index in [0.29, 0.717) is 11.8 Å². The molecule has 1 aliphatic heterocycles. The van der Waals surface area contributed by atoms with E-state index in [4.69, 9.17) is 4.74 Å². The van der Waals surface area contributed by atoms with Gasteiger partial charge in [0, 0.05) is 32.7 Å². The molecular formula is C19H32N4O. The number of benzene rings is 1. The second kappa shape index (κ2) is 9.40. The fourth-order valence-corrected chi connectivity index (χ4v) is 2.97. The summed E-state index contributed by atoms with van der Waals surface area (Å²) in [5.74, 6) is 3.09. The highest BCUT2D eigenvalue weighted by atomic mass is 16.5. The van der Waals surface area contributed by atoms with Gasteiger partial charge in [-0.25, -0.2) is 0 Å². The average Bonchev–Trinajstić information content (AvgIpc) is 3.06. The van der Waals surface area contributed by atoms with Gasteiger partial charge in [0.25, 0.3) is 0 Å². The lowest BCUT2D eigenvalue weighted by atomic mass is 10.1. The van der Waals surface area contributed by atoms with Gasteiger partial charge < -0.3 is 20.3 Å². The maximum Gasteiger partial charge on any atom is 0.191 e. The van der Waals surface area contributed by atoms with E-state index in [-0.39, 0.29) is 0 Å². The van der Waals surface area contributed by atoms with Gasteiger partial charge in [-0.1, -0.05) is 26.0 Å². The lowest BCUT2D eigenvalue weighted by Crippen LogP contribution is -2.40. The van der Waals surface area contributed by atoms with Crippen molar-refractivity contribution in [3.8, 4) is 5.75 Å². The zero-order valence-electron chi connectivity index (χ0n) is 15.5. The van der Waals surface area contributed by atoms with E-state index in [1.165, 1.54) is 12.1 Å². The van der Waals surface area contributed by atoms with Crippen LogP contribution in [0.25, 0.3) is 0 Å². The number of nitrogens with zero attached hydrogens (tertiary/aromatic N) is 2. The van der Waals surface area contributed by atoms with Gasteiger partial charge in [0.15, 0.2) is 5.96 Å². The first kappa shape index (κ1) is 18.4. The van der Waals surface area contributed by atoms with Crippen molar-refractivity contribution in [3.05, 3.63) is 24.3 Å². The molecule has 0 saturated carbocycles. The predicted molar refractivity (Wildman–Crippen MR) is 102 cm³/mol. The molecule has 1 aromatic carbocycles. The van der Waals surface area contributed by atoms with Crippen molar-refractivity contribution in [2.75, 3.05) is 44.7 Å². The number of ether oxygens (including phenoxy) is 1. The van der Waals surface area contributed by atoms with E-state index in [1.54, 1.807) is 7.11 Å². The first-order chi connectivity index (χ1) is 11.6. The van der Waals surface area contributed by atoms with Crippen LogP contribution in [-0.2, 0) is 0 Å². The summed E-state index contributed by atoms with van der Waals surface area (Å²) in [6, 6.07) is 8.27. The van der Waals surface area contributed by atoms with Crippen LogP contribution in [0.1, 0.15) is 27.2 Å². The number of aliphatic imine (C=N–C) groups is 1. The zero-order valence-corrected chi connectivity index (χ0v) is 15.5. The van der Waals surface area contributed by atoms with Crippen LogP contribution in [0.3, 0.4) is 0 Å². The topological polar surface area (TPSA) is 48.9 Å². The summed E-state index contributed by atoms with van der Waals surface area (Å²) in [5.41, 5.74) is 1.20. The first-order valence-electron chi connectivity index (χ1n) is 9.04. The molecule has 0 aliphatic carbocycles. The van der Waals surface area contributed by atoms with Gasteiger partial charge in [0.1, 0.15) is 5.75 Å². The highest BCUT2D eigenvalue weighted by Crippen LogP contribution is 2.31. The highest BCUT2D eigenvalue weighted by Gasteiger charge is 2.24. The number of methoxy groups -OCH3 is 1. The molecule has 1 atom stereocenters. The SMILES string of the molecule is CCNC(=NCC(C)C)NCC1CCN(c2ccccc2OC)C1. The van der Waals surface area contributed by atoms with E-state index >= 15 is 0 Å². The molecule has 0 amide bonds. The largest absolute Gasteiger partial charge is 0.495 e. The van der Waals surface area contributed by atoms with Crippen LogP contribution in [0.5, 0.6) is 5.75 Å². The van der Waals surface area contributed by atoms with Crippen LogP contribution in [0, 0.1) is 11.8 Å². The van der Waals surface area contributed by atoms with E-state index in [0.717, 1.165) is 44.4 Å². The summed E-state index contributed by atoms with van der Waals surface area (Å²) in [6.07, 6.45) is 1.19. The van der Waals surface area contributed by atoms with Crippen molar-refractivity contribution in [1.82, 2.24) is 10.6 Å². The molecular weight excluding hydrogens is 300 g/mol. The number of hydrogen-bond donors (Lipinski definition) is 2. The summed E-state index contributed by atoms with van der Waals surface area (Å²) in [7, 11) is 1.74. The fraction of sp³-hybridized carbons (Fsp3) is 0.632. The molecule has 0 radical (unpaired) electrons. The summed E-state index contributed by atoms with van der Waals surface area (Å²) in [6.45, 7) is 11.3. The Morgan fingerprint density at radius 1 is 1.33 bits per heavy atom. The number of rotatable bonds is 7. The molecule has 1 aromatic rings. The molecule has 24 heavy (non-hydrogen) atoms. The lowest BCUT2D eigenvalue weighted by Gasteiger charge is -2.21. The number of anilines is 1. The molecule has 5 heteroatoms. The summed E-state index contributed by atoms with van der Waals surface area (Å²) in [5, 5.41) is 6.83. The average molecular weight is 332 g/mol. The maximum absolute atomic E-state index is 5.49. The van der Waals surface area contributed by atoms with Crippen molar-refractivity contribution in [2.45, 2.75) is 27.2 Å². The first-order valence-corrected chi connectivity index (χ1v) is 9.04. The van der Waals surface area contributed by atoms with E-state index in [9.17, 15) is 0 Å². The number of guanidine groups is 1. The smallest absolute Gasteiger partial charge is 0.191 e. The molecule has 2 N–H and O–H groups in total. The summed E-state index contributed by atoms with van der Waals surface area (Å²) >= 11 is 0. The lowest BCUT2D eigenvalue weighted by molar-refractivity contribution is 0.414. The predicted octanol–water partition coefficient (Wildman–Crippen LogP) is 2.73. The van der Waals surface area contributed by atoms with Crippen LogP contribution in [0.2, 0.25) is 0 Å². The summed E-state index contributed by atoms with van der Waals surface area (Å²) < 4.78 is 5.49. The van der Waals surface area contributed by atoms with E-state index < -0.39 is 0 Å². The minimum absolute atomic E-state index is 0.577. The summed E-state index contributed by atoms with van der Waals surface area (Å²) in [4.78, 5) is 7.06. The Morgan fingerprint density at radius 2 is 2.12 bits per heavy atom. The van der Waals surface area contributed by atoms with Crippen molar-refractivity contribution >= 4 is 11.6 Å². The minimum Gasteiger partial charge on any atom is -0.495 e. The van der Waals surface area contributed by atoms with Gasteiger partial charge >= 0.3 is 0 Å². The molecule has 1 fully saturated rings. The monoisotopic (exact) mass is 332 g/mol. The van der Waals surface area contributed by atoms with Crippen LogP contribution in [0.4, 0.5) is 5.69 Å². The van der Waals surface area contributed by atoms with Gasteiger partial charge in [0.05, 0.1) is 12.8 Å². The third-order valence-corrected chi connectivity index (χ3v) is 4.23. The third-order valence-electron chi connectivity index (χ3n) is 4.23. The standard InChI is InChI=1S/C19H32N4O/c1-5-20-19(21-12-15(2)3)22-13-16-10-11-23(14-16)17-8-6-7-9-18(17)24-4/h6-9,15-16H,5,10-14H2,1-4H3,(H2,20,21,22). The van der Waals surface area contributed by atoms with Crippen molar-refractivity contribution < 1.29 is 4.74 Å². The van der Waals surface area contributed by atoms with Gasteiger partial charge in [-0.05, 0) is 37.3 Å². The Hall–Kier alpha value is -1.91. The van der Waals surface area contributed by atoms with E-state index in [2.05, 4.69) is 53.4 Å². The Labute approximate surface area is 146 Å². The molecule has 134 valence electrons. The number of nitrogens with one attached hydrogen (secondary N) is 2. The number of hydrogen-bond acceptors (Lipinski definition) is 3. The van der Waals surface area contributed by atoms with Gasteiger partial charge in [-0.3, -0.25) is 4.99 Å². The van der Waals surface area contributed by atoms with E-state index in [1.807, 2.05) is 12.1 Å². The molecule has 1 aliphatic rings. The van der Waals surface area contributed by atoms with Crippen molar-refractivity contribution in [1.29, 1.82) is 0 Å².